The van der Waals surface area contributed by atoms with Gasteiger partial charge in [-0.1, -0.05) is 49.0 Å². The number of nitrogens with zero attached hydrogens (tertiary/aromatic N) is 3. The van der Waals surface area contributed by atoms with E-state index < -0.39 is 0 Å². The molecule has 0 radical (unpaired) electrons. The van der Waals surface area contributed by atoms with Crippen LogP contribution >= 0.6 is 11.8 Å². The summed E-state index contributed by atoms with van der Waals surface area (Å²) >= 11 is 1.37. The predicted molar refractivity (Wildman–Crippen MR) is 119 cm³/mol. The number of carbonyl (C=O) groups excluding carboxylic acids is 2. The summed E-state index contributed by atoms with van der Waals surface area (Å²) in [5.41, 5.74) is 1.07. The largest absolute Gasteiger partial charge is 0.356 e. The molecule has 0 aliphatic carbocycles. The molecule has 2 heterocycles. The van der Waals surface area contributed by atoms with Gasteiger partial charge in [0.15, 0.2) is 5.82 Å². The van der Waals surface area contributed by atoms with Crippen LogP contribution in [-0.4, -0.2) is 47.4 Å². The fourth-order valence-electron chi connectivity index (χ4n) is 3.34. The van der Waals surface area contributed by atoms with Crippen LogP contribution in [0.4, 0.5) is 5.82 Å². The molecule has 0 bridgehead atoms. The van der Waals surface area contributed by atoms with Gasteiger partial charge in [0.2, 0.25) is 11.8 Å². The molecule has 1 aliphatic rings. The summed E-state index contributed by atoms with van der Waals surface area (Å²) < 4.78 is 0. The SMILES string of the molecule is CCCNC(=O)C1CCCN(c2ccc(SCC(=O)NCc3ccccc3)nn2)C1. The topological polar surface area (TPSA) is 87.2 Å². The van der Waals surface area contributed by atoms with E-state index in [4.69, 9.17) is 0 Å². The van der Waals surface area contributed by atoms with Crippen molar-refractivity contribution >= 4 is 29.4 Å². The fourth-order valence-corrected chi connectivity index (χ4v) is 3.98. The highest BCUT2D eigenvalue weighted by atomic mass is 32.2. The summed E-state index contributed by atoms with van der Waals surface area (Å²) in [6, 6.07) is 13.6. The van der Waals surface area contributed by atoms with Crippen LogP contribution in [-0.2, 0) is 16.1 Å². The maximum Gasteiger partial charge on any atom is 0.230 e. The summed E-state index contributed by atoms with van der Waals surface area (Å²) in [5.74, 6) is 1.16. The third-order valence-electron chi connectivity index (χ3n) is 4.98. The number of amides is 2. The van der Waals surface area contributed by atoms with Crippen molar-refractivity contribution < 1.29 is 9.59 Å². The smallest absolute Gasteiger partial charge is 0.230 e. The lowest BCUT2D eigenvalue weighted by Gasteiger charge is -2.32. The van der Waals surface area contributed by atoms with Gasteiger partial charge in [0.1, 0.15) is 5.03 Å². The Balaban J connectivity index is 1.45. The van der Waals surface area contributed by atoms with Crippen molar-refractivity contribution in [1.82, 2.24) is 20.8 Å². The van der Waals surface area contributed by atoms with Crippen molar-refractivity contribution in [3.05, 3.63) is 48.0 Å². The second kappa shape index (κ2) is 11.5. The van der Waals surface area contributed by atoms with E-state index in [0.717, 1.165) is 43.7 Å². The maximum absolute atomic E-state index is 12.3. The number of hydrogen-bond acceptors (Lipinski definition) is 6. The van der Waals surface area contributed by atoms with Crippen LogP contribution in [0.5, 0.6) is 0 Å². The van der Waals surface area contributed by atoms with Crippen LogP contribution in [0.15, 0.2) is 47.5 Å². The predicted octanol–water partition coefficient (Wildman–Crippen LogP) is 2.63. The minimum absolute atomic E-state index is 0.00513. The molecule has 2 N–H and O–H groups in total. The van der Waals surface area contributed by atoms with E-state index >= 15 is 0 Å². The van der Waals surface area contributed by atoms with E-state index in [9.17, 15) is 9.59 Å². The fraction of sp³-hybridized carbons (Fsp3) is 0.455. The Morgan fingerprint density at radius 2 is 1.97 bits per heavy atom. The highest BCUT2D eigenvalue weighted by Gasteiger charge is 2.26. The maximum atomic E-state index is 12.3. The molecule has 1 fully saturated rings. The molecule has 1 aromatic heterocycles. The van der Waals surface area contributed by atoms with Gasteiger partial charge < -0.3 is 15.5 Å². The average Bonchev–Trinajstić information content (AvgIpc) is 2.81. The second-order valence-corrected chi connectivity index (χ2v) is 8.35. The number of aromatic nitrogens is 2. The highest BCUT2D eigenvalue weighted by Crippen LogP contribution is 2.23. The van der Waals surface area contributed by atoms with Gasteiger partial charge in [-0.05, 0) is 37.0 Å². The molecule has 1 aliphatic heterocycles. The molecular weight excluding hydrogens is 398 g/mol. The van der Waals surface area contributed by atoms with E-state index in [2.05, 4.69) is 32.7 Å². The molecule has 1 saturated heterocycles. The van der Waals surface area contributed by atoms with Crippen LogP contribution in [0.1, 0.15) is 31.7 Å². The van der Waals surface area contributed by atoms with Gasteiger partial charge in [0.05, 0.1) is 11.7 Å². The van der Waals surface area contributed by atoms with Gasteiger partial charge >= 0.3 is 0 Å². The first kappa shape index (κ1) is 22.1. The first-order valence-electron chi connectivity index (χ1n) is 10.5. The Labute approximate surface area is 182 Å². The highest BCUT2D eigenvalue weighted by molar-refractivity contribution is 7.99. The number of hydrogen-bond donors (Lipinski definition) is 2. The molecule has 8 heteroatoms. The van der Waals surface area contributed by atoms with E-state index in [0.29, 0.717) is 23.9 Å². The molecule has 3 rings (SSSR count). The van der Waals surface area contributed by atoms with E-state index in [1.165, 1.54) is 11.8 Å². The van der Waals surface area contributed by atoms with Crippen molar-refractivity contribution in [2.45, 2.75) is 37.8 Å². The number of benzene rings is 1. The Bertz CT molecular complexity index is 816. The molecule has 1 unspecified atom stereocenters. The Morgan fingerprint density at radius 3 is 2.70 bits per heavy atom. The summed E-state index contributed by atoms with van der Waals surface area (Å²) in [6.07, 6.45) is 2.81. The third-order valence-corrected chi connectivity index (χ3v) is 5.90. The molecule has 1 atom stereocenters. The number of rotatable bonds is 9. The number of anilines is 1. The quantitative estimate of drug-likeness (QED) is 0.598. The van der Waals surface area contributed by atoms with Gasteiger partial charge in [0.25, 0.3) is 0 Å². The molecule has 0 saturated carbocycles. The number of piperidine rings is 1. The van der Waals surface area contributed by atoms with Crippen molar-refractivity contribution in [1.29, 1.82) is 0 Å². The molecule has 7 nitrogen and oxygen atoms in total. The summed E-state index contributed by atoms with van der Waals surface area (Å²) in [4.78, 5) is 26.4. The minimum atomic E-state index is -0.0355. The monoisotopic (exact) mass is 427 g/mol. The first-order valence-corrected chi connectivity index (χ1v) is 11.4. The lowest BCUT2D eigenvalue weighted by Crippen LogP contribution is -2.43. The molecule has 2 amide bonds. The molecular formula is C22H29N5O2S. The minimum Gasteiger partial charge on any atom is -0.356 e. The van der Waals surface area contributed by atoms with Crippen molar-refractivity contribution in [3.8, 4) is 0 Å². The number of carbonyl (C=O) groups is 2. The zero-order valence-electron chi connectivity index (χ0n) is 17.3. The molecule has 1 aromatic carbocycles. The van der Waals surface area contributed by atoms with Gasteiger partial charge in [-0.3, -0.25) is 9.59 Å². The van der Waals surface area contributed by atoms with E-state index in [1.807, 2.05) is 42.5 Å². The first-order chi connectivity index (χ1) is 14.7. The van der Waals surface area contributed by atoms with Crippen LogP contribution in [0.3, 0.4) is 0 Å². The Kier molecular flexibility index (Phi) is 8.50. The average molecular weight is 428 g/mol. The second-order valence-electron chi connectivity index (χ2n) is 7.36. The van der Waals surface area contributed by atoms with Crippen LogP contribution in [0, 0.1) is 5.92 Å². The number of nitrogens with one attached hydrogen (secondary N) is 2. The van der Waals surface area contributed by atoms with Gasteiger partial charge in [-0.15, -0.1) is 10.2 Å². The third kappa shape index (κ3) is 6.73. The van der Waals surface area contributed by atoms with Gasteiger partial charge in [0, 0.05) is 26.2 Å². The molecule has 2 aromatic rings. The van der Waals surface area contributed by atoms with Crippen LogP contribution < -0.4 is 15.5 Å². The lowest BCUT2D eigenvalue weighted by molar-refractivity contribution is -0.125. The molecule has 30 heavy (non-hydrogen) atoms. The van der Waals surface area contributed by atoms with Crippen molar-refractivity contribution in [2.24, 2.45) is 5.92 Å². The van der Waals surface area contributed by atoms with Crippen LogP contribution in [0.2, 0.25) is 0 Å². The molecule has 160 valence electrons. The van der Waals surface area contributed by atoms with E-state index in [-0.39, 0.29) is 17.7 Å². The summed E-state index contributed by atoms with van der Waals surface area (Å²) in [6.45, 7) is 4.83. The number of thioether (sulfide) groups is 1. The zero-order valence-corrected chi connectivity index (χ0v) is 18.2. The Morgan fingerprint density at radius 1 is 1.13 bits per heavy atom. The summed E-state index contributed by atoms with van der Waals surface area (Å²) in [7, 11) is 0. The van der Waals surface area contributed by atoms with Gasteiger partial charge in [-0.25, -0.2) is 0 Å². The molecule has 0 spiro atoms. The van der Waals surface area contributed by atoms with Crippen molar-refractivity contribution in [3.63, 3.8) is 0 Å². The van der Waals surface area contributed by atoms with E-state index in [1.54, 1.807) is 0 Å². The summed E-state index contributed by atoms with van der Waals surface area (Å²) in [5, 5.41) is 15.2. The standard InChI is InChI=1S/C22H29N5O2S/c1-2-12-23-22(29)18-9-6-13-27(15-18)19-10-11-21(26-25-19)30-16-20(28)24-14-17-7-4-3-5-8-17/h3-5,7-8,10-11,18H,2,6,9,12-16H2,1H3,(H,23,29)(H,24,28). The lowest BCUT2D eigenvalue weighted by atomic mass is 9.97. The zero-order chi connectivity index (χ0) is 21.2. The van der Waals surface area contributed by atoms with Crippen LogP contribution in [0.25, 0.3) is 0 Å². The Hall–Kier alpha value is -2.61. The van der Waals surface area contributed by atoms with Gasteiger partial charge in [-0.2, -0.15) is 0 Å². The normalized spacial score (nSPS) is 16.2. The van der Waals surface area contributed by atoms with Crippen molar-refractivity contribution in [2.75, 3.05) is 30.3 Å².